The molecule has 0 saturated heterocycles. The molecule has 0 radical (unpaired) electrons. The summed E-state index contributed by atoms with van der Waals surface area (Å²) in [5.41, 5.74) is 3.55. The van der Waals surface area contributed by atoms with Crippen molar-refractivity contribution in [1.82, 2.24) is 9.78 Å². The summed E-state index contributed by atoms with van der Waals surface area (Å²) < 4.78 is 18.5. The summed E-state index contributed by atoms with van der Waals surface area (Å²) in [5.74, 6) is 2.46. The SMILES string of the molecule is COc1cc(OC)c([C@@H]2S[C@H](C)C(=O)Nc3c2c(C)nn3-c2ccccc2)cc1OC. The molecule has 2 atom stereocenters. The maximum Gasteiger partial charge on any atom is 0.238 e. The first-order valence-corrected chi connectivity index (χ1v) is 10.8. The van der Waals surface area contributed by atoms with Gasteiger partial charge in [0.1, 0.15) is 11.6 Å². The number of aromatic nitrogens is 2. The molecule has 162 valence electrons. The molecule has 0 unspecified atom stereocenters. The van der Waals surface area contributed by atoms with Gasteiger partial charge in [-0.15, -0.1) is 11.8 Å². The van der Waals surface area contributed by atoms with Crippen LogP contribution in [0.4, 0.5) is 5.82 Å². The minimum atomic E-state index is -0.279. The number of hydrogen-bond acceptors (Lipinski definition) is 6. The third kappa shape index (κ3) is 3.72. The van der Waals surface area contributed by atoms with Crippen LogP contribution in [0.5, 0.6) is 17.2 Å². The van der Waals surface area contributed by atoms with Crippen molar-refractivity contribution in [2.45, 2.75) is 24.3 Å². The molecule has 0 aliphatic carbocycles. The van der Waals surface area contributed by atoms with Crippen LogP contribution in [0.25, 0.3) is 5.69 Å². The molecule has 0 saturated carbocycles. The van der Waals surface area contributed by atoms with Gasteiger partial charge in [0.2, 0.25) is 5.91 Å². The minimum absolute atomic E-state index is 0.0646. The van der Waals surface area contributed by atoms with Crippen molar-refractivity contribution in [3.8, 4) is 22.9 Å². The molecule has 7 nitrogen and oxygen atoms in total. The van der Waals surface area contributed by atoms with E-state index in [-0.39, 0.29) is 16.4 Å². The maximum absolute atomic E-state index is 12.9. The van der Waals surface area contributed by atoms with Crippen molar-refractivity contribution in [2.75, 3.05) is 26.6 Å². The molecule has 0 bridgehead atoms. The van der Waals surface area contributed by atoms with Crippen LogP contribution in [0.2, 0.25) is 0 Å². The number of para-hydroxylation sites is 1. The Bertz CT molecular complexity index is 1110. The molecule has 1 N–H and O–H groups in total. The molecule has 0 spiro atoms. The van der Waals surface area contributed by atoms with Gasteiger partial charge in [-0.05, 0) is 32.0 Å². The highest BCUT2D eigenvalue weighted by atomic mass is 32.2. The molecule has 3 aromatic rings. The Morgan fingerprint density at radius 2 is 1.65 bits per heavy atom. The fraction of sp³-hybridized carbons (Fsp3) is 0.304. The Morgan fingerprint density at radius 1 is 1.00 bits per heavy atom. The molecule has 0 fully saturated rings. The van der Waals surface area contributed by atoms with Gasteiger partial charge in [-0.2, -0.15) is 5.10 Å². The van der Waals surface area contributed by atoms with Gasteiger partial charge in [-0.1, -0.05) is 18.2 Å². The number of rotatable bonds is 5. The van der Waals surface area contributed by atoms with Crippen molar-refractivity contribution in [2.24, 2.45) is 0 Å². The number of benzene rings is 2. The quantitative estimate of drug-likeness (QED) is 0.636. The second-order valence-electron chi connectivity index (χ2n) is 7.19. The smallest absolute Gasteiger partial charge is 0.238 e. The summed E-state index contributed by atoms with van der Waals surface area (Å²) in [4.78, 5) is 12.9. The monoisotopic (exact) mass is 439 g/mol. The van der Waals surface area contributed by atoms with E-state index in [1.54, 1.807) is 37.8 Å². The molecular formula is C23H25N3O4S. The van der Waals surface area contributed by atoms with Gasteiger partial charge in [0, 0.05) is 17.2 Å². The number of anilines is 1. The van der Waals surface area contributed by atoms with E-state index in [0.29, 0.717) is 23.1 Å². The largest absolute Gasteiger partial charge is 0.496 e. The number of ether oxygens (including phenoxy) is 3. The molecule has 1 aliphatic heterocycles. The topological polar surface area (TPSA) is 74.6 Å². The number of carbonyl (C=O) groups is 1. The van der Waals surface area contributed by atoms with Crippen LogP contribution >= 0.6 is 11.8 Å². The molecule has 4 rings (SSSR count). The molecule has 2 aromatic carbocycles. The average Bonchev–Trinajstić information content (AvgIpc) is 3.05. The second kappa shape index (κ2) is 8.55. The molecule has 1 aliphatic rings. The van der Waals surface area contributed by atoms with Gasteiger partial charge in [0.25, 0.3) is 0 Å². The highest BCUT2D eigenvalue weighted by molar-refractivity contribution is 8.01. The second-order valence-corrected chi connectivity index (χ2v) is 8.64. The van der Waals surface area contributed by atoms with E-state index >= 15 is 0 Å². The first-order valence-electron chi connectivity index (χ1n) is 9.89. The van der Waals surface area contributed by atoms with Gasteiger partial charge >= 0.3 is 0 Å². The number of nitrogens with one attached hydrogen (secondary N) is 1. The van der Waals surface area contributed by atoms with Crippen LogP contribution in [-0.2, 0) is 4.79 Å². The fourth-order valence-electron chi connectivity index (χ4n) is 3.77. The van der Waals surface area contributed by atoms with Crippen LogP contribution in [0, 0.1) is 6.92 Å². The van der Waals surface area contributed by atoms with Crippen molar-refractivity contribution in [3.63, 3.8) is 0 Å². The van der Waals surface area contributed by atoms with E-state index in [4.69, 9.17) is 19.3 Å². The highest BCUT2D eigenvalue weighted by Crippen LogP contribution is 2.50. The van der Waals surface area contributed by atoms with Gasteiger partial charge in [-0.3, -0.25) is 4.79 Å². The Kier molecular flexibility index (Phi) is 5.82. The number of methoxy groups -OCH3 is 3. The number of thioether (sulfide) groups is 1. The minimum Gasteiger partial charge on any atom is -0.496 e. The number of aryl methyl sites for hydroxylation is 1. The van der Waals surface area contributed by atoms with Crippen LogP contribution in [0.1, 0.15) is 29.0 Å². The third-order valence-electron chi connectivity index (χ3n) is 5.34. The standard InChI is InChI=1S/C23H25N3O4S/c1-13-20-21(16-11-18(29-4)19(30-5)12-17(16)28-3)31-14(2)23(27)24-22(20)26(25-13)15-9-7-6-8-10-15/h6-12,14,21H,1-5H3,(H,24,27)/t14-,21+/m1/s1. The van der Waals surface area contributed by atoms with Crippen LogP contribution in [0.15, 0.2) is 42.5 Å². The van der Waals surface area contributed by atoms with Crippen LogP contribution in [0.3, 0.4) is 0 Å². The molecular weight excluding hydrogens is 414 g/mol. The van der Waals surface area contributed by atoms with Gasteiger partial charge in [0.05, 0.1) is 43.2 Å². The third-order valence-corrected chi connectivity index (χ3v) is 6.72. The zero-order valence-electron chi connectivity index (χ0n) is 18.1. The summed E-state index contributed by atoms with van der Waals surface area (Å²) >= 11 is 1.55. The first kappa shape index (κ1) is 21.1. The normalized spacial score (nSPS) is 18.0. The van der Waals surface area contributed by atoms with Gasteiger partial charge < -0.3 is 19.5 Å². The molecule has 31 heavy (non-hydrogen) atoms. The zero-order chi connectivity index (χ0) is 22.1. The van der Waals surface area contributed by atoms with Gasteiger partial charge in [0.15, 0.2) is 11.5 Å². The van der Waals surface area contributed by atoms with E-state index < -0.39 is 0 Å². The Labute approximate surface area is 185 Å². The van der Waals surface area contributed by atoms with E-state index in [9.17, 15) is 4.79 Å². The van der Waals surface area contributed by atoms with Gasteiger partial charge in [-0.25, -0.2) is 4.68 Å². The van der Waals surface area contributed by atoms with E-state index in [1.807, 2.05) is 56.3 Å². The van der Waals surface area contributed by atoms with Crippen molar-refractivity contribution in [3.05, 3.63) is 59.3 Å². The zero-order valence-corrected chi connectivity index (χ0v) is 18.9. The maximum atomic E-state index is 12.9. The highest BCUT2D eigenvalue weighted by Gasteiger charge is 2.36. The Balaban J connectivity index is 1.95. The lowest BCUT2D eigenvalue weighted by atomic mass is 10.0. The summed E-state index contributed by atoms with van der Waals surface area (Å²) in [7, 11) is 4.82. The number of nitrogens with zero attached hydrogens (tertiary/aromatic N) is 2. The lowest BCUT2D eigenvalue weighted by Gasteiger charge is -2.22. The summed E-state index contributed by atoms with van der Waals surface area (Å²) in [5, 5.41) is 7.38. The summed E-state index contributed by atoms with van der Waals surface area (Å²) in [6.07, 6.45) is 0. The van der Waals surface area contributed by atoms with Crippen molar-refractivity contribution < 1.29 is 19.0 Å². The average molecular weight is 440 g/mol. The number of hydrogen-bond donors (Lipinski definition) is 1. The number of carbonyl (C=O) groups excluding carboxylic acids is 1. The molecule has 2 heterocycles. The predicted octanol–water partition coefficient (Wildman–Crippen LogP) is 4.37. The summed E-state index contributed by atoms with van der Waals surface area (Å²) in [6, 6.07) is 13.5. The summed E-state index contributed by atoms with van der Waals surface area (Å²) in [6.45, 7) is 3.86. The number of amides is 1. The van der Waals surface area contributed by atoms with E-state index in [1.165, 1.54) is 0 Å². The Morgan fingerprint density at radius 3 is 2.29 bits per heavy atom. The van der Waals surface area contributed by atoms with E-state index in [2.05, 4.69) is 5.32 Å². The molecule has 1 amide bonds. The van der Waals surface area contributed by atoms with Crippen LogP contribution in [-0.4, -0.2) is 42.3 Å². The lowest BCUT2D eigenvalue weighted by Crippen LogP contribution is -2.22. The van der Waals surface area contributed by atoms with Crippen molar-refractivity contribution in [1.29, 1.82) is 0 Å². The Hall–Kier alpha value is -3.13. The molecule has 8 heteroatoms. The fourth-order valence-corrected chi connectivity index (χ4v) is 5.11. The van der Waals surface area contributed by atoms with E-state index in [0.717, 1.165) is 22.5 Å². The predicted molar refractivity (Wildman–Crippen MR) is 122 cm³/mol. The first-order chi connectivity index (χ1) is 15.0. The number of fused-ring (bicyclic) bond motifs is 1. The lowest BCUT2D eigenvalue weighted by molar-refractivity contribution is -0.115. The van der Waals surface area contributed by atoms with Crippen LogP contribution < -0.4 is 19.5 Å². The molecule has 1 aromatic heterocycles. The van der Waals surface area contributed by atoms with Crippen molar-refractivity contribution >= 4 is 23.5 Å².